The summed E-state index contributed by atoms with van der Waals surface area (Å²) in [5, 5.41) is 25.4. The van der Waals surface area contributed by atoms with Gasteiger partial charge in [0, 0.05) is 20.8 Å². The largest absolute Gasteiger partial charge is 0.396 e. The molecule has 0 spiro atoms. The lowest BCUT2D eigenvalue weighted by Crippen LogP contribution is -2.27. The molecule has 6 nitrogen and oxygen atoms in total. The molecule has 1 heterocycles. The number of hydrogen-bond acceptors (Lipinski definition) is 5. The van der Waals surface area contributed by atoms with Crippen molar-refractivity contribution in [1.82, 2.24) is 9.78 Å². The normalized spacial score (nSPS) is 12.2. The molecule has 0 saturated carbocycles. The van der Waals surface area contributed by atoms with Crippen LogP contribution in [0.4, 0.5) is 5.82 Å². The van der Waals surface area contributed by atoms with E-state index in [0.717, 1.165) is 0 Å². The van der Waals surface area contributed by atoms with E-state index in [4.69, 9.17) is 15.1 Å². The average Bonchev–Trinajstić information content (AvgIpc) is 2.54. The Morgan fingerprint density at radius 3 is 2.88 bits per heavy atom. The molecule has 0 radical (unpaired) electrons. The Morgan fingerprint density at radius 1 is 1.65 bits per heavy atom. The van der Waals surface area contributed by atoms with Gasteiger partial charge < -0.3 is 15.2 Å². The van der Waals surface area contributed by atoms with E-state index in [9.17, 15) is 0 Å². The summed E-state index contributed by atoms with van der Waals surface area (Å²) in [7, 11) is 3.38. The molecule has 17 heavy (non-hydrogen) atoms. The zero-order valence-corrected chi connectivity index (χ0v) is 10.4. The van der Waals surface area contributed by atoms with Gasteiger partial charge in [-0.15, -0.1) is 0 Å². The number of nitrogens with zero attached hydrogens (tertiary/aromatic N) is 3. The van der Waals surface area contributed by atoms with Crippen LogP contribution >= 0.6 is 0 Å². The monoisotopic (exact) mass is 238 g/mol. The van der Waals surface area contributed by atoms with Crippen LogP contribution in [0.5, 0.6) is 0 Å². The van der Waals surface area contributed by atoms with E-state index in [0.29, 0.717) is 30.1 Å². The molecule has 0 aliphatic carbocycles. The topological polar surface area (TPSA) is 83.1 Å². The maximum absolute atomic E-state index is 9.06. The van der Waals surface area contributed by atoms with Crippen LogP contribution < -0.4 is 5.32 Å². The van der Waals surface area contributed by atoms with Crippen LogP contribution in [-0.2, 0) is 11.8 Å². The van der Waals surface area contributed by atoms with Gasteiger partial charge in [-0.05, 0) is 13.3 Å². The van der Waals surface area contributed by atoms with Crippen LogP contribution in [0.1, 0.15) is 17.7 Å². The van der Waals surface area contributed by atoms with E-state index in [2.05, 4.69) is 16.5 Å². The van der Waals surface area contributed by atoms with E-state index in [-0.39, 0.29) is 12.6 Å². The van der Waals surface area contributed by atoms with Crippen molar-refractivity contribution in [3.8, 4) is 6.07 Å². The minimum absolute atomic E-state index is 0.0353. The number of aliphatic hydroxyl groups is 1. The summed E-state index contributed by atoms with van der Waals surface area (Å²) in [6.45, 7) is 2.33. The summed E-state index contributed by atoms with van der Waals surface area (Å²) >= 11 is 0. The number of rotatable bonds is 6. The third-order valence-corrected chi connectivity index (χ3v) is 2.52. The van der Waals surface area contributed by atoms with E-state index < -0.39 is 0 Å². The fourth-order valence-corrected chi connectivity index (χ4v) is 1.71. The number of hydrogen-bond donors (Lipinski definition) is 2. The molecular formula is C11H18N4O2. The maximum atomic E-state index is 9.06. The van der Waals surface area contributed by atoms with Crippen molar-refractivity contribution in [3.63, 3.8) is 0 Å². The second-order valence-electron chi connectivity index (χ2n) is 3.85. The fraction of sp³-hybridized carbons (Fsp3) is 0.636. The third kappa shape index (κ3) is 3.19. The van der Waals surface area contributed by atoms with Crippen LogP contribution in [0, 0.1) is 18.3 Å². The van der Waals surface area contributed by atoms with Crippen LogP contribution in [0.3, 0.4) is 0 Å². The molecule has 0 aliphatic rings. The number of aromatic nitrogens is 2. The maximum Gasteiger partial charge on any atom is 0.142 e. The summed E-state index contributed by atoms with van der Waals surface area (Å²) < 4.78 is 6.70. The van der Waals surface area contributed by atoms with Crippen molar-refractivity contribution in [1.29, 1.82) is 5.26 Å². The predicted octanol–water partition coefficient (Wildman–Crippen LogP) is 0.409. The van der Waals surface area contributed by atoms with E-state index >= 15 is 0 Å². The van der Waals surface area contributed by atoms with Crippen LogP contribution in [0.2, 0.25) is 0 Å². The molecule has 0 aromatic carbocycles. The number of anilines is 1. The minimum atomic E-state index is -0.0353. The Bertz CT molecular complexity index is 402. The fourth-order valence-electron chi connectivity index (χ4n) is 1.71. The lowest BCUT2D eigenvalue weighted by atomic mass is 10.2. The van der Waals surface area contributed by atoms with Crippen molar-refractivity contribution < 1.29 is 9.84 Å². The first-order chi connectivity index (χ1) is 8.13. The molecule has 1 aromatic heterocycles. The van der Waals surface area contributed by atoms with Crippen molar-refractivity contribution in [2.45, 2.75) is 19.4 Å². The molecule has 6 heteroatoms. The number of ether oxygens (including phenoxy) is 1. The molecule has 0 fully saturated rings. The number of nitriles is 1. The van der Waals surface area contributed by atoms with Crippen molar-refractivity contribution >= 4 is 5.82 Å². The molecule has 0 aliphatic heterocycles. The van der Waals surface area contributed by atoms with E-state index in [1.165, 1.54) is 0 Å². The summed E-state index contributed by atoms with van der Waals surface area (Å²) in [6, 6.07) is 2.09. The molecule has 94 valence electrons. The van der Waals surface area contributed by atoms with Gasteiger partial charge in [0.15, 0.2) is 0 Å². The summed E-state index contributed by atoms with van der Waals surface area (Å²) in [6.07, 6.45) is 0.558. The van der Waals surface area contributed by atoms with Crippen molar-refractivity contribution in [2.75, 3.05) is 25.6 Å². The second-order valence-corrected chi connectivity index (χ2v) is 3.85. The first kappa shape index (κ1) is 13.5. The number of methoxy groups -OCH3 is 1. The predicted molar refractivity (Wildman–Crippen MR) is 63.6 cm³/mol. The first-order valence-electron chi connectivity index (χ1n) is 5.44. The van der Waals surface area contributed by atoms with Gasteiger partial charge in [-0.25, -0.2) is 0 Å². The minimum Gasteiger partial charge on any atom is -0.396 e. The standard InChI is InChI=1S/C11H18N4O2/c1-8-10(6-12)11(15(2)14-8)13-9(4-5-16)7-17-3/h9,13,16H,4-5,7H2,1-3H3. The zero-order valence-electron chi connectivity index (χ0n) is 10.4. The van der Waals surface area contributed by atoms with E-state index in [1.54, 1.807) is 25.8 Å². The van der Waals surface area contributed by atoms with Gasteiger partial charge in [0.25, 0.3) is 0 Å². The SMILES string of the molecule is COCC(CCO)Nc1c(C#N)c(C)nn1C. The first-order valence-corrected chi connectivity index (χ1v) is 5.44. The highest BCUT2D eigenvalue weighted by molar-refractivity contribution is 5.55. The molecule has 0 bridgehead atoms. The molecule has 2 N–H and O–H groups in total. The van der Waals surface area contributed by atoms with Crippen LogP contribution in [-0.4, -0.2) is 41.3 Å². The molecule has 1 atom stereocenters. The van der Waals surface area contributed by atoms with Gasteiger partial charge in [0.2, 0.25) is 0 Å². The summed E-state index contributed by atoms with van der Waals surface area (Å²) in [4.78, 5) is 0. The number of nitrogens with one attached hydrogen (secondary N) is 1. The third-order valence-electron chi connectivity index (χ3n) is 2.52. The van der Waals surface area contributed by atoms with Gasteiger partial charge in [-0.3, -0.25) is 4.68 Å². The van der Waals surface area contributed by atoms with Crippen molar-refractivity contribution in [3.05, 3.63) is 11.3 Å². The molecular weight excluding hydrogens is 220 g/mol. The van der Waals surface area contributed by atoms with Gasteiger partial charge in [-0.2, -0.15) is 10.4 Å². The van der Waals surface area contributed by atoms with Gasteiger partial charge in [0.1, 0.15) is 17.5 Å². The zero-order chi connectivity index (χ0) is 12.8. The molecule has 0 amide bonds. The highest BCUT2D eigenvalue weighted by atomic mass is 16.5. The molecule has 0 saturated heterocycles. The Labute approximate surface area is 101 Å². The quantitative estimate of drug-likeness (QED) is 0.750. The smallest absolute Gasteiger partial charge is 0.142 e. The highest BCUT2D eigenvalue weighted by Crippen LogP contribution is 2.18. The van der Waals surface area contributed by atoms with Gasteiger partial charge >= 0.3 is 0 Å². The average molecular weight is 238 g/mol. The second kappa shape index (κ2) is 6.23. The number of aliphatic hydroxyl groups excluding tert-OH is 1. The summed E-state index contributed by atoms with van der Waals surface area (Å²) in [5.41, 5.74) is 1.23. The Morgan fingerprint density at radius 2 is 2.35 bits per heavy atom. The highest BCUT2D eigenvalue weighted by Gasteiger charge is 2.16. The van der Waals surface area contributed by atoms with Crippen molar-refractivity contribution in [2.24, 2.45) is 7.05 Å². The van der Waals surface area contributed by atoms with Crippen LogP contribution in [0.15, 0.2) is 0 Å². The lowest BCUT2D eigenvalue weighted by molar-refractivity contribution is 0.170. The van der Waals surface area contributed by atoms with E-state index in [1.807, 2.05) is 0 Å². The van der Waals surface area contributed by atoms with Gasteiger partial charge in [0.05, 0.1) is 18.3 Å². The number of aryl methyl sites for hydroxylation is 2. The molecule has 1 unspecified atom stereocenters. The Balaban J connectivity index is 2.88. The Hall–Kier alpha value is -1.58. The van der Waals surface area contributed by atoms with Crippen LogP contribution in [0.25, 0.3) is 0 Å². The molecule has 1 rings (SSSR count). The Kier molecular flexibility index (Phi) is 4.94. The lowest BCUT2D eigenvalue weighted by Gasteiger charge is -2.18. The summed E-state index contributed by atoms with van der Waals surface area (Å²) in [5.74, 6) is 0.667. The van der Waals surface area contributed by atoms with Gasteiger partial charge in [-0.1, -0.05) is 0 Å². The molecule has 1 aromatic rings.